The minimum atomic E-state index is 0. The van der Waals surface area contributed by atoms with Crippen LogP contribution in [0.4, 0.5) is 0 Å². The van der Waals surface area contributed by atoms with Gasteiger partial charge in [0.2, 0.25) is 0 Å². The van der Waals surface area contributed by atoms with Gasteiger partial charge in [0, 0.05) is 17.6 Å². The van der Waals surface area contributed by atoms with Crippen LogP contribution in [0, 0.1) is 5.92 Å². The Morgan fingerprint density at radius 1 is 1.24 bits per heavy atom. The first kappa shape index (κ1) is 16.9. The molecule has 21 heavy (non-hydrogen) atoms. The molecule has 0 aromatic heterocycles. The number of halogens is 2. The van der Waals surface area contributed by atoms with Crippen molar-refractivity contribution >= 4 is 41.5 Å². The molecule has 2 saturated carbocycles. The van der Waals surface area contributed by atoms with Crippen LogP contribution in [0.1, 0.15) is 43.6 Å². The van der Waals surface area contributed by atoms with Crippen LogP contribution in [-0.4, -0.2) is 18.5 Å². The molecule has 0 atom stereocenters. The summed E-state index contributed by atoms with van der Waals surface area (Å²) < 4.78 is 0. The van der Waals surface area contributed by atoms with E-state index >= 15 is 0 Å². The summed E-state index contributed by atoms with van der Waals surface area (Å²) in [5.74, 6) is 2.03. The van der Waals surface area contributed by atoms with Crippen LogP contribution in [0.2, 0.25) is 5.02 Å². The molecular formula is C16H23ClIN3. The number of aliphatic imine (C=N–C) groups is 1. The van der Waals surface area contributed by atoms with Gasteiger partial charge in [-0.15, -0.1) is 24.0 Å². The summed E-state index contributed by atoms with van der Waals surface area (Å²) in [4.78, 5) is 4.44. The molecule has 2 aliphatic rings. The Hall–Kier alpha value is -0.490. The van der Waals surface area contributed by atoms with E-state index in [0.29, 0.717) is 17.9 Å². The molecule has 3 nitrogen and oxygen atoms in total. The molecule has 116 valence electrons. The van der Waals surface area contributed by atoms with Crippen LogP contribution in [0.3, 0.4) is 0 Å². The number of nitrogens with one attached hydrogen (secondary N) is 1. The van der Waals surface area contributed by atoms with Crippen LogP contribution >= 0.6 is 35.6 Å². The summed E-state index contributed by atoms with van der Waals surface area (Å²) in [5, 5.41) is 4.13. The normalized spacial score (nSPS) is 25.5. The predicted molar refractivity (Wildman–Crippen MR) is 99.6 cm³/mol. The summed E-state index contributed by atoms with van der Waals surface area (Å²) in [5.41, 5.74) is 7.31. The van der Waals surface area contributed by atoms with Crippen molar-refractivity contribution < 1.29 is 0 Å². The highest BCUT2D eigenvalue weighted by molar-refractivity contribution is 14.0. The highest BCUT2D eigenvalue weighted by Crippen LogP contribution is 2.37. The second-order valence-corrected chi connectivity index (χ2v) is 6.52. The summed E-state index contributed by atoms with van der Waals surface area (Å²) in [6, 6.07) is 8.65. The standard InChI is InChI=1S/C16H22ClN3.HI/c17-14-6-4-12(5-7-14)13-8-15(9-13)20-16(18)19-10-11-2-1-3-11;/h4-7,11,13,15H,1-3,8-10H2,(H3,18,19,20);1H. The third-order valence-electron chi connectivity index (χ3n) is 4.58. The van der Waals surface area contributed by atoms with E-state index < -0.39 is 0 Å². The molecule has 1 aromatic carbocycles. The summed E-state index contributed by atoms with van der Waals surface area (Å²) in [6.45, 7) is 0.895. The fourth-order valence-corrected chi connectivity index (χ4v) is 3.03. The van der Waals surface area contributed by atoms with Gasteiger partial charge in [-0.3, -0.25) is 4.99 Å². The molecule has 0 heterocycles. The fraction of sp³-hybridized carbons (Fsp3) is 0.562. The largest absolute Gasteiger partial charge is 0.370 e. The lowest BCUT2D eigenvalue weighted by atomic mass is 9.76. The van der Waals surface area contributed by atoms with Crippen molar-refractivity contribution in [2.75, 3.05) is 6.54 Å². The van der Waals surface area contributed by atoms with Gasteiger partial charge in [-0.2, -0.15) is 0 Å². The maximum absolute atomic E-state index is 5.94. The van der Waals surface area contributed by atoms with Crippen LogP contribution in [0.15, 0.2) is 29.3 Å². The first-order valence-electron chi connectivity index (χ1n) is 7.52. The minimum absolute atomic E-state index is 0. The second-order valence-electron chi connectivity index (χ2n) is 6.08. The molecule has 0 aliphatic heterocycles. The quantitative estimate of drug-likeness (QED) is 0.442. The molecule has 0 amide bonds. The molecule has 0 bridgehead atoms. The molecular weight excluding hydrogens is 397 g/mol. The number of benzene rings is 1. The van der Waals surface area contributed by atoms with E-state index in [-0.39, 0.29) is 24.0 Å². The highest BCUT2D eigenvalue weighted by atomic mass is 127. The van der Waals surface area contributed by atoms with Gasteiger partial charge in [0.05, 0.1) is 0 Å². The first-order chi connectivity index (χ1) is 9.70. The zero-order chi connectivity index (χ0) is 13.9. The van der Waals surface area contributed by atoms with Crippen molar-refractivity contribution in [2.45, 2.75) is 44.1 Å². The molecule has 0 saturated heterocycles. The lowest BCUT2D eigenvalue weighted by Gasteiger charge is -2.36. The van der Waals surface area contributed by atoms with E-state index in [1.807, 2.05) is 12.1 Å². The highest BCUT2D eigenvalue weighted by Gasteiger charge is 2.30. The Kier molecular flexibility index (Phi) is 6.17. The number of guanidine groups is 1. The number of rotatable bonds is 4. The molecule has 0 unspecified atom stereocenters. The van der Waals surface area contributed by atoms with Crippen molar-refractivity contribution in [1.29, 1.82) is 0 Å². The molecule has 0 radical (unpaired) electrons. The maximum Gasteiger partial charge on any atom is 0.188 e. The third-order valence-corrected chi connectivity index (χ3v) is 4.83. The molecule has 0 spiro atoms. The zero-order valence-corrected chi connectivity index (χ0v) is 15.2. The van der Waals surface area contributed by atoms with E-state index in [1.165, 1.54) is 24.8 Å². The van der Waals surface area contributed by atoms with Crippen LogP contribution in [0.5, 0.6) is 0 Å². The van der Waals surface area contributed by atoms with Gasteiger partial charge in [-0.05, 0) is 55.2 Å². The van der Waals surface area contributed by atoms with Gasteiger partial charge in [0.1, 0.15) is 0 Å². The zero-order valence-electron chi connectivity index (χ0n) is 12.1. The molecule has 3 rings (SSSR count). The second kappa shape index (κ2) is 7.68. The van der Waals surface area contributed by atoms with Crippen LogP contribution in [-0.2, 0) is 0 Å². The lowest BCUT2D eigenvalue weighted by Crippen LogP contribution is -2.46. The smallest absolute Gasteiger partial charge is 0.188 e. The molecule has 2 aliphatic carbocycles. The van der Waals surface area contributed by atoms with Crippen molar-refractivity contribution in [3.05, 3.63) is 34.9 Å². The van der Waals surface area contributed by atoms with Crippen molar-refractivity contribution in [2.24, 2.45) is 16.6 Å². The Balaban J connectivity index is 0.00000161. The average molecular weight is 420 g/mol. The maximum atomic E-state index is 5.94. The minimum Gasteiger partial charge on any atom is -0.370 e. The van der Waals surface area contributed by atoms with Gasteiger partial charge in [-0.25, -0.2) is 0 Å². The first-order valence-corrected chi connectivity index (χ1v) is 7.90. The Morgan fingerprint density at radius 3 is 2.48 bits per heavy atom. The summed E-state index contributed by atoms with van der Waals surface area (Å²) in [7, 11) is 0. The number of nitrogens with zero attached hydrogens (tertiary/aromatic N) is 1. The Labute approximate surface area is 148 Å². The third kappa shape index (κ3) is 4.49. The summed E-state index contributed by atoms with van der Waals surface area (Å²) >= 11 is 5.91. The van der Waals surface area contributed by atoms with E-state index in [9.17, 15) is 0 Å². The fourth-order valence-electron chi connectivity index (χ4n) is 2.90. The van der Waals surface area contributed by atoms with Crippen molar-refractivity contribution in [3.63, 3.8) is 0 Å². The van der Waals surface area contributed by atoms with E-state index in [1.54, 1.807) is 0 Å². The molecule has 1 aromatic rings. The summed E-state index contributed by atoms with van der Waals surface area (Å²) in [6.07, 6.45) is 6.25. The van der Waals surface area contributed by atoms with Crippen LogP contribution in [0.25, 0.3) is 0 Å². The SMILES string of the molecule is I.NC(=NCC1CCC1)NC1CC(c2ccc(Cl)cc2)C1. The van der Waals surface area contributed by atoms with Gasteiger partial charge in [0.25, 0.3) is 0 Å². The molecule has 5 heteroatoms. The van der Waals surface area contributed by atoms with Gasteiger partial charge in [-0.1, -0.05) is 30.2 Å². The van der Waals surface area contributed by atoms with Crippen molar-refractivity contribution in [1.82, 2.24) is 5.32 Å². The predicted octanol–water partition coefficient (Wildman–Crippen LogP) is 3.91. The van der Waals surface area contributed by atoms with Gasteiger partial charge < -0.3 is 11.1 Å². The van der Waals surface area contributed by atoms with E-state index in [4.69, 9.17) is 17.3 Å². The van der Waals surface area contributed by atoms with Gasteiger partial charge >= 0.3 is 0 Å². The number of hydrogen-bond donors (Lipinski definition) is 2. The van der Waals surface area contributed by atoms with E-state index in [2.05, 4.69) is 22.4 Å². The Bertz CT molecular complexity index is 479. The van der Waals surface area contributed by atoms with Crippen LogP contribution < -0.4 is 11.1 Å². The average Bonchev–Trinajstić information content (AvgIpc) is 2.33. The Morgan fingerprint density at radius 2 is 1.90 bits per heavy atom. The topological polar surface area (TPSA) is 50.4 Å². The van der Waals surface area contributed by atoms with Gasteiger partial charge in [0.15, 0.2) is 5.96 Å². The van der Waals surface area contributed by atoms with Crippen molar-refractivity contribution in [3.8, 4) is 0 Å². The lowest BCUT2D eigenvalue weighted by molar-refractivity contribution is 0.317. The monoisotopic (exact) mass is 419 g/mol. The number of hydrogen-bond acceptors (Lipinski definition) is 1. The molecule has 2 fully saturated rings. The number of nitrogens with two attached hydrogens (primary N) is 1. The molecule has 3 N–H and O–H groups in total. The van der Waals surface area contributed by atoms with E-state index in [0.717, 1.165) is 30.3 Å².